The van der Waals surface area contributed by atoms with Gasteiger partial charge in [-0.05, 0) is 25.1 Å². The average molecular weight is 456 g/mol. The van der Waals surface area contributed by atoms with E-state index in [2.05, 4.69) is 25.4 Å². The summed E-state index contributed by atoms with van der Waals surface area (Å²) >= 11 is 0. The Morgan fingerprint density at radius 3 is 2.71 bits per heavy atom. The highest BCUT2D eigenvalue weighted by Gasteiger charge is 2.16. The second kappa shape index (κ2) is 7.44. The van der Waals surface area contributed by atoms with Gasteiger partial charge in [-0.15, -0.1) is 10.2 Å². The Kier molecular flexibility index (Phi) is 4.37. The van der Waals surface area contributed by atoms with E-state index in [0.717, 1.165) is 11.1 Å². The Bertz CT molecular complexity index is 1760. The third kappa shape index (κ3) is 3.25. The number of hydrogen-bond acceptors (Lipinski definition) is 7. The van der Waals surface area contributed by atoms with Crippen LogP contribution in [0.15, 0.2) is 64.6 Å². The molecule has 0 aromatic carbocycles. The molecule has 6 rings (SSSR count). The third-order valence-electron chi connectivity index (χ3n) is 5.62. The summed E-state index contributed by atoms with van der Waals surface area (Å²) in [5.41, 5.74) is 3.22. The lowest BCUT2D eigenvalue weighted by atomic mass is 10.1. The van der Waals surface area contributed by atoms with E-state index >= 15 is 0 Å². The zero-order valence-corrected chi connectivity index (χ0v) is 18.2. The zero-order chi connectivity index (χ0) is 23.4. The first-order valence-electron chi connectivity index (χ1n) is 10.4. The SMILES string of the molecule is Cc1cc(-c2cc(F)c3nnc(Cn4ccc5ncc(-c6cnn(C)c6)cc5c4=O)n3c2)on1. The number of halogens is 1. The Labute approximate surface area is 190 Å². The van der Waals surface area contributed by atoms with Crippen LogP contribution in [-0.4, -0.2) is 39.1 Å². The first kappa shape index (κ1) is 20.0. The van der Waals surface area contributed by atoms with Crippen LogP contribution in [0.5, 0.6) is 0 Å². The zero-order valence-electron chi connectivity index (χ0n) is 18.2. The highest BCUT2D eigenvalue weighted by atomic mass is 19.1. The highest BCUT2D eigenvalue weighted by molar-refractivity contribution is 5.82. The van der Waals surface area contributed by atoms with Crippen molar-refractivity contribution in [3.05, 3.63) is 82.9 Å². The maximum Gasteiger partial charge on any atom is 0.260 e. The fraction of sp³-hybridized carbons (Fsp3) is 0.130. The molecule has 0 radical (unpaired) electrons. The molecule has 0 N–H and O–H groups in total. The molecule has 0 aliphatic heterocycles. The molecule has 0 saturated heterocycles. The second-order valence-electron chi connectivity index (χ2n) is 8.03. The lowest BCUT2D eigenvalue weighted by molar-refractivity contribution is 0.426. The van der Waals surface area contributed by atoms with Gasteiger partial charge in [0.25, 0.3) is 5.56 Å². The molecule has 0 saturated carbocycles. The molecule has 6 aromatic heterocycles. The summed E-state index contributed by atoms with van der Waals surface area (Å²) in [5.74, 6) is 0.265. The largest absolute Gasteiger partial charge is 0.356 e. The van der Waals surface area contributed by atoms with Crippen LogP contribution in [0.3, 0.4) is 0 Å². The number of pyridine rings is 3. The van der Waals surface area contributed by atoms with Crippen molar-refractivity contribution < 1.29 is 8.91 Å². The summed E-state index contributed by atoms with van der Waals surface area (Å²) < 4.78 is 24.7. The van der Waals surface area contributed by atoms with Crippen molar-refractivity contribution in [3.8, 4) is 22.5 Å². The number of hydrogen-bond donors (Lipinski definition) is 0. The van der Waals surface area contributed by atoms with E-state index in [1.807, 2.05) is 13.2 Å². The van der Waals surface area contributed by atoms with Crippen LogP contribution in [-0.2, 0) is 13.6 Å². The highest BCUT2D eigenvalue weighted by Crippen LogP contribution is 2.24. The van der Waals surface area contributed by atoms with Gasteiger partial charge in [-0.3, -0.25) is 18.9 Å². The summed E-state index contributed by atoms with van der Waals surface area (Å²) in [4.78, 5) is 17.7. The molecule has 34 heavy (non-hydrogen) atoms. The number of rotatable bonds is 4. The van der Waals surface area contributed by atoms with Gasteiger partial charge < -0.3 is 9.09 Å². The van der Waals surface area contributed by atoms with E-state index in [0.29, 0.717) is 33.7 Å². The summed E-state index contributed by atoms with van der Waals surface area (Å²) in [6.45, 7) is 1.87. The summed E-state index contributed by atoms with van der Waals surface area (Å²) in [5, 5.41) is 16.6. The summed E-state index contributed by atoms with van der Waals surface area (Å²) in [6, 6.07) is 6.59. The smallest absolute Gasteiger partial charge is 0.260 e. The first-order valence-corrected chi connectivity index (χ1v) is 10.4. The number of aryl methyl sites for hydroxylation is 2. The van der Waals surface area contributed by atoms with Gasteiger partial charge >= 0.3 is 0 Å². The van der Waals surface area contributed by atoms with Crippen molar-refractivity contribution >= 4 is 16.6 Å². The van der Waals surface area contributed by atoms with Crippen LogP contribution in [0.1, 0.15) is 11.5 Å². The van der Waals surface area contributed by atoms with Crippen molar-refractivity contribution in [3.63, 3.8) is 0 Å². The number of nitrogens with zero attached hydrogens (tertiary/aromatic N) is 8. The van der Waals surface area contributed by atoms with E-state index in [1.165, 1.54) is 15.0 Å². The monoisotopic (exact) mass is 456 g/mol. The van der Waals surface area contributed by atoms with Gasteiger partial charge in [0.15, 0.2) is 23.0 Å². The fourth-order valence-electron chi connectivity index (χ4n) is 3.91. The molecule has 0 bridgehead atoms. The van der Waals surface area contributed by atoms with Crippen LogP contribution >= 0.6 is 0 Å². The molecule has 0 unspecified atom stereocenters. The molecule has 10 nitrogen and oxygen atoms in total. The molecule has 0 aliphatic carbocycles. The number of fused-ring (bicyclic) bond motifs is 2. The molecule has 6 aromatic rings. The normalized spacial score (nSPS) is 11.6. The minimum absolute atomic E-state index is 0.0596. The van der Waals surface area contributed by atoms with Crippen molar-refractivity contribution in [2.24, 2.45) is 7.05 Å². The Morgan fingerprint density at radius 2 is 1.94 bits per heavy atom. The lowest BCUT2D eigenvalue weighted by Crippen LogP contribution is -2.21. The molecule has 0 fully saturated rings. The minimum atomic E-state index is -0.554. The van der Waals surface area contributed by atoms with Crippen LogP contribution in [0.25, 0.3) is 39.0 Å². The van der Waals surface area contributed by atoms with E-state index in [-0.39, 0.29) is 17.8 Å². The predicted molar refractivity (Wildman–Crippen MR) is 120 cm³/mol. The summed E-state index contributed by atoms with van der Waals surface area (Å²) in [6.07, 6.45) is 8.60. The maximum atomic E-state index is 14.7. The Balaban J connectivity index is 1.43. The van der Waals surface area contributed by atoms with Crippen molar-refractivity contribution in [2.45, 2.75) is 13.5 Å². The molecule has 168 valence electrons. The fourth-order valence-corrected chi connectivity index (χ4v) is 3.91. The molecule has 0 atom stereocenters. The standard InChI is InChI=1S/C23H17FN8O2/c1-13-5-20(34-29-13)15-7-18(24)22-28-27-21(32(22)11-15)12-31-4-3-19-17(23(31)33)6-14(8-25-19)16-9-26-30(2)10-16/h3-11H,12H2,1-2H3. The van der Waals surface area contributed by atoms with Crippen molar-refractivity contribution in [2.75, 3.05) is 0 Å². The van der Waals surface area contributed by atoms with Gasteiger partial charge in [0.2, 0.25) is 0 Å². The first-order chi connectivity index (χ1) is 16.5. The molecule has 0 spiro atoms. The van der Waals surface area contributed by atoms with Gasteiger partial charge in [-0.2, -0.15) is 5.10 Å². The van der Waals surface area contributed by atoms with Gasteiger partial charge in [-0.1, -0.05) is 5.16 Å². The average Bonchev–Trinajstić information content (AvgIpc) is 3.56. The molecular formula is C23H17FN8O2. The quantitative estimate of drug-likeness (QED) is 0.401. The predicted octanol–water partition coefficient (Wildman–Crippen LogP) is 2.99. The van der Waals surface area contributed by atoms with E-state index < -0.39 is 5.82 Å². The topological polar surface area (TPSA) is 109 Å². The minimum Gasteiger partial charge on any atom is -0.356 e. The van der Waals surface area contributed by atoms with E-state index in [9.17, 15) is 9.18 Å². The number of aromatic nitrogens is 8. The van der Waals surface area contributed by atoms with Crippen molar-refractivity contribution in [1.29, 1.82) is 0 Å². The summed E-state index contributed by atoms with van der Waals surface area (Å²) in [7, 11) is 1.83. The van der Waals surface area contributed by atoms with Crippen LogP contribution in [0, 0.1) is 12.7 Å². The Morgan fingerprint density at radius 1 is 1.06 bits per heavy atom. The maximum absolute atomic E-state index is 14.7. The van der Waals surface area contributed by atoms with Crippen molar-refractivity contribution in [1.82, 2.24) is 39.1 Å². The second-order valence-corrected chi connectivity index (χ2v) is 8.03. The third-order valence-corrected chi connectivity index (χ3v) is 5.62. The van der Waals surface area contributed by atoms with Gasteiger partial charge in [0.05, 0.1) is 29.3 Å². The van der Waals surface area contributed by atoms with Crippen LogP contribution < -0.4 is 5.56 Å². The molecule has 0 aliphatic rings. The molecule has 11 heteroatoms. The van der Waals surface area contributed by atoms with E-state index in [4.69, 9.17) is 4.52 Å². The van der Waals surface area contributed by atoms with Gasteiger partial charge in [-0.25, -0.2) is 4.39 Å². The molecule has 6 heterocycles. The van der Waals surface area contributed by atoms with Gasteiger partial charge in [0, 0.05) is 54.6 Å². The van der Waals surface area contributed by atoms with E-state index in [1.54, 1.807) is 54.6 Å². The van der Waals surface area contributed by atoms with Gasteiger partial charge in [0.1, 0.15) is 0 Å². The molecular weight excluding hydrogens is 439 g/mol. The Hall–Kier alpha value is -4.67. The van der Waals surface area contributed by atoms with Crippen LogP contribution in [0.4, 0.5) is 4.39 Å². The van der Waals surface area contributed by atoms with Crippen LogP contribution in [0.2, 0.25) is 0 Å². The lowest BCUT2D eigenvalue weighted by Gasteiger charge is -2.08. The molecule has 0 amide bonds.